The minimum atomic E-state index is -0.718. The molecule has 1 aliphatic heterocycles. The average Bonchev–Trinajstić information content (AvgIpc) is 3.25. The maximum Gasteiger partial charge on any atom is 0.257 e. The van der Waals surface area contributed by atoms with Crippen LogP contribution in [0.4, 0.5) is 5.13 Å². The SMILES string of the molecule is COc1ccccc1C1C(Cl)C(=O)N1NCC(=O)Nc1nc(-c2ccccc2)cs1. The number of carbonyl (C=O) groups excluding carboxylic acids is 2. The number of rotatable bonds is 7. The van der Waals surface area contributed by atoms with Gasteiger partial charge in [-0.25, -0.2) is 10.4 Å². The number of aromatic nitrogens is 1. The predicted molar refractivity (Wildman–Crippen MR) is 116 cm³/mol. The van der Waals surface area contributed by atoms with Crippen LogP contribution in [0.15, 0.2) is 60.0 Å². The standard InChI is InChI=1S/C21H19ClN4O3S/c1-29-16-10-6-5-9-14(16)19-18(22)20(28)26(19)23-11-17(27)25-21-24-15(12-30-21)13-7-3-2-4-8-13/h2-10,12,18-19,23H,11H2,1H3,(H,24,25,27). The van der Waals surface area contributed by atoms with Crippen LogP contribution < -0.4 is 15.5 Å². The van der Waals surface area contributed by atoms with Crippen LogP contribution >= 0.6 is 22.9 Å². The van der Waals surface area contributed by atoms with Crippen LogP contribution in [0.1, 0.15) is 11.6 Å². The molecule has 1 aromatic heterocycles. The Morgan fingerprint density at radius 2 is 1.93 bits per heavy atom. The number of para-hydroxylation sites is 1. The van der Waals surface area contributed by atoms with Crippen molar-refractivity contribution in [2.45, 2.75) is 11.4 Å². The van der Waals surface area contributed by atoms with Gasteiger partial charge in [-0.15, -0.1) is 22.9 Å². The normalized spacial score (nSPS) is 18.1. The molecule has 7 nitrogen and oxygen atoms in total. The number of alkyl halides is 1. The number of halogens is 1. The van der Waals surface area contributed by atoms with Crippen molar-refractivity contribution in [1.29, 1.82) is 0 Å². The van der Waals surface area contributed by atoms with Crippen LogP contribution in [-0.4, -0.2) is 40.8 Å². The minimum absolute atomic E-state index is 0.0960. The van der Waals surface area contributed by atoms with E-state index in [2.05, 4.69) is 15.7 Å². The number of β-lactam (4-membered cyclic amide) rings is 1. The first-order valence-corrected chi connectivity index (χ1v) is 10.5. The van der Waals surface area contributed by atoms with Crippen molar-refractivity contribution in [3.05, 3.63) is 65.5 Å². The fourth-order valence-electron chi connectivity index (χ4n) is 3.23. The van der Waals surface area contributed by atoms with Gasteiger partial charge in [-0.3, -0.25) is 14.6 Å². The molecule has 0 bridgehead atoms. The van der Waals surface area contributed by atoms with Gasteiger partial charge in [-0.05, 0) is 6.07 Å². The molecule has 2 N–H and O–H groups in total. The van der Waals surface area contributed by atoms with Crippen molar-refractivity contribution < 1.29 is 14.3 Å². The molecule has 30 heavy (non-hydrogen) atoms. The number of anilines is 1. The number of hydrazine groups is 1. The van der Waals surface area contributed by atoms with Crippen LogP contribution in [0, 0.1) is 0 Å². The van der Waals surface area contributed by atoms with Crippen LogP contribution in [0.3, 0.4) is 0 Å². The van der Waals surface area contributed by atoms with E-state index >= 15 is 0 Å². The van der Waals surface area contributed by atoms with Gasteiger partial charge in [0.15, 0.2) is 5.13 Å². The Hall–Kier alpha value is -2.94. The maximum atomic E-state index is 12.4. The lowest BCUT2D eigenvalue weighted by molar-refractivity contribution is -0.151. The van der Waals surface area contributed by atoms with E-state index in [1.54, 1.807) is 13.2 Å². The van der Waals surface area contributed by atoms with Gasteiger partial charge in [0, 0.05) is 16.5 Å². The number of thiazole rings is 1. The topological polar surface area (TPSA) is 83.6 Å². The summed E-state index contributed by atoms with van der Waals surface area (Å²) in [5.41, 5.74) is 5.42. The number of amides is 2. The van der Waals surface area contributed by atoms with E-state index in [0.29, 0.717) is 10.9 Å². The average molecular weight is 443 g/mol. The number of carbonyl (C=O) groups is 2. The number of methoxy groups -OCH3 is 1. The molecule has 0 aliphatic carbocycles. The van der Waals surface area contributed by atoms with Gasteiger partial charge in [-0.1, -0.05) is 48.5 Å². The van der Waals surface area contributed by atoms with E-state index in [1.807, 2.05) is 53.9 Å². The van der Waals surface area contributed by atoms with E-state index in [9.17, 15) is 9.59 Å². The zero-order valence-corrected chi connectivity index (χ0v) is 17.6. The lowest BCUT2D eigenvalue weighted by atomic mass is 9.94. The van der Waals surface area contributed by atoms with E-state index in [4.69, 9.17) is 16.3 Å². The second kappa shape index (κ2) is 8.83. The van der Waals surface area contributed by atoms with Gasteiger partial charge in [0.1, 0.15) is 17.2 Å². The quantitative estimate of drug-likeness (QED) is 0.432. The number of benzene rings is 2. The Kier molecular flexibility index (Phi) is 5.98. The number of hydrogen-bond acceptors (Lipinski definition) is 6. The van der Waals surface area contributed by atoms with Crippen molar-refractivity contribution in [1.82, 2.24) is 15.4 Å². The zero-order valence-electron chi connectivity index (χ0n) is 16.0. The van der Waals surface area contributed by atoms with E-state index in [-0.39, 0.29) is 18.4 Å². The summed E-state index contributed by atoms with van der Waals surface area (Å²) < 4.78 is 5.37. The van der Waals surface area contributed by atoms with Gasteiger partial charge in [0.25, 0.3) is 5.91 Å². The summed E-state index contributed by atoms with van der Waals surface area (Å²) >= 11 is 7.58. The Morgan fingerprint density at radius 3 is 2.70 bits per heavy atom. The van der Waals surface area contributed by atoms with Gasteiger partial charge in [0.2, 0.25) is 5.91 Å². The maximum absolute atomic E-state index is 12.4. The fourth-order valence-corrected chi connectivity index (χ4v) is 4.32. The molecule has 1 fully saturated rings. The van der Waals surface area contributed by atoms with Crippen molar-refractivity contribution in [3.63, 3.8) is 0 Å². The van der Waals surface area contributed by atoms with Gasteiger partial charge in [0.05, 0.1) is 19.3 Å². The van der Waals surface area contributed by atoms with Crippen molar-refractivity contribution in [2.24, 2.45) is 0 Å². The molecule has 2 heterocycles. The van der Waals surface area contributed by atoms with Crippen molar-refractivity contribution in [3.8, 4) is 17.0 Å². The van der Waals surface area contributed by atoms with Gasteiger partial charge < -0.3 is 10.1 Å². The second-order valence-electron chi connectivity index (χ2n) is 6.58. The van der Waals surface area contributed by atoms with Crippen molar-refractivity contribution in [2.75, 3.05) is 19.0 Å². The molecule has 154 valence electrons. The molecule has 2 aromatic carbocycles. The molecule has 1 saturated heterocycles. The monoisotopic (exact) mass is 442 g/mol. The summed E-state index contributed by atoms with van der Waals surface area (Å²) in [4.78, 5) is 29.0. The summed E-state index contributed by atoms with van der Waals surface area (Å²) in [5.74, 6) is 0.0303. The summed E-state index contributed by atoms with van der Waals surface area (Å²) in [5, 5.41) is 5.77. The Labute approximate surface area is 182 Å². The molecule has 1 aliphatic rings. The second-order valence-corrected chi connectivity index (χ2v) is 7.91. The minimum Gasteiger partial charge on any atom is -0.496 e. The smallest absolute Gasteiger partial charge is 0.257 e. The Balaban J connectivity index is 1.37. The van der Waals surface area contributed by atoms with Crippen LogP contribution in [0.2, 0.25) is 0 Å². The largest absolute Gasteiger partial charge is 0.496 e. The molecule has 4 rings (SSSR count). The summed E-state index contributed by atoms with van der Waals surface area (Å²) in [6.45, 7) is -0.0960. The molecule has 0 saturated carbocycles. The van der Waals surface area contributed by atoms with Gasteiger partial charge >= 0.3 is 0 Å². The molecule has 2 unspecified atom stereocenters. The van der Waals surface area contributed by atoms with E-state index in [0.717, 1.165) is 16.8 Å². The highest BCUT2D eigenvalue weighted by atomic mass is 35.5. The Morgan fingerprint density at radius 1 is 1.20 bits per heavy atom. The molecule has 0 radical (unpaired) electrons. The fraction of sp³-hybridized carbons (Fsp3) is 0.190. The lowest BCUT2D eigenvalue weighted by Crippen LogP contribution is -2.63. The summed E-state index contributed by atoms with van der Waals surface area (Å²) in [6, 6.07) is 16.6. The molecule has 3 aromatic rings. The molecule has 2 amide bonds. The van der Waals surface area contributed by atoms with Crippen LogP contribution in [-0.2, 0) is 9.59 Å². The molecular formula is C21H19ClN4O3S. The number of ether oxygens (including phenoxy) is 1. The first kappa shape index (κ1) is 20.3. The molecular weight excluding hydrogens is 424 g/mol. The van der Waals surface area contributed by atoms with Crippen molar-refractivity contribution >= 4 is 39.9 Å². The highest BCUT2D eigenvalue weighted by molar-refractivity contribution is 7.14. The molecule has 2 atom stereocenters. The highest BCUT2D eigenvalue weighted by Crippen LogP contribution is 2.40. The molecule has 9 heteroatoms. The first-order chi connectivity index (χ1) is 14.6. The van der Waals surface area contributed by atoms with E-state index in [1.165, 1.54) is 16.3 Å². The Bertz CT molecular complexity index is 1060. The molecule has 0 spiro atoms. The van der Waals surface area contributed by atoms with Crippen LogP contribution in [0.5, 0.6) is 5.75 Å². The third kappa shape index (κ3) is 4.02. The predicted octanol–water partition coefficient (Wildman–Crippen LogP) is 3.45. The number of nitrogens with one attached hydrogen (secondary N) is 2. The van der Waals surface area contributed by atoms with Gasteiger partial charge in [-0.2, -0.15) is 0 Å². The number of hydrogen-bond donors (Lipinski definition) is 2. The first-order valence-electron chi connectivity index (χ1n) is 9.23. The third-order valence-electron chi connectivity index (χ3n) is 4.72. The van der Waals surface area contributed by atoms with Crippen LogP contribution in [0.25, 0.3) is 11.3 Å². The van der Waals surface area contributed by atoms with E-state index < -0.39 is 11.4 Å². The zero-order chi connectivity index (χ0) is 21.1. The number of nitrogens with zero attached hydrogens (tertiary/aromatic N) is 2. The lowest BCUT2D eigenvalue weighted by Gasteiger charge is -2.44. The highest BCUT2D eigenvalue weighted by Gasteiger charge is 2.48. The summed E-state index contributed by atoms with van der Waals surface area (Å²) in [7, 11) is 1.56. The third-order valence-corrected chi connectivity index (χ3v) is 5.90. The summed E-state index contributed by atoms with van der Waals surface area (Å²) in [6.07, 6.45) is 0.